The molecule has 0 saturated heterocycles. The average molecular weight is 515 g/mol. The standard InChI is InChI=1S/C27H16F2N4O3S/c28-18-5-6-23(21(29)13-18)33-37(34,35)19-11-17(14-30-15-19)22-7-8-24-27(32-22)20(9-10-31-24)26-12-16-3-1-2-4-25(16)36-26/h1-15,33H. The summed E-state index contributed by atoms with van der Waals surface area (Å²) in [5.74, 6) is -1.23. The van der Waals surface area contributed by atoms with Crippen LogP contribution >= 0.6 is 0 Å². The molecule has 0 atom stereocenters. The first-order chi connectivity index (χ1) is 17.9. The molecule has 0 aliphatic rings. The van der Waals surface area contributed by atoms with Crippen molar-refractivity contribution in [3.63, 3.8) is 0 Å². The fraction of sp³-hybridized carbons (Fsp3) is 0. The molecule has 0 radical (unpaired) electrons. The Labute approximate surface area is 209 Å². The van der Waals surface area contributed by atoms with Gasteiger partial charge in [0, 0.05) is 41.2 Å². The molecule has 0 fully saturated rings. The molecule has 10 heteroatoms. The zero-order valence-electron chi connectivity index (χ0n) is 18.9. The summed E-state index contributed by atoms with van der Waals surface area (Å²) in [6, 6.07) is 18.8. The maximum Gasteiger partial charge on any atom is 0.263 e. The van der Waals surface area contributed by atoms with Crippen molar-refractivity contribution in [1.82, 2.24) is 15.0 Å². The number of halogens is 2. The van der Waals surface area contributed by atoms with Crippen LogP contribution in [-0.2, 0) is 10.0 Å². The third-order valence-corrected chi connectivity index (χ3v) is 7.10. The van der Waals surface area contributed by atoms with Crippen LogP contribution in [0.1, 0.15) is 0 Å². The minimum atomic E-state index is -4.22. The maximum absolute atomic E-state index is 14.0. The normalized spacial score (nSPS) is 11.7. The number of hydrogen-bond donors (Lipinski definition) is 1. The van der Waals surface area contributed by atoms with Crippen molar-refractivity contribution >= 4 is 37.7 Å². The summed E-state index contributed by atoms with van der Waals surface area (Å²) < 4.78 is 61.2. The van der Waals surface area contributed by atoms with Gasteiger partial charge in [-0.1, -0.05) is 18.2 Å². The number of hydrogen-bond acceptors (Lipinski definition) is 6. The van der Waals surface area contributed by atoms with Gasteiger partial charge in [0.2, 0.25) is 0 Å². The Hall–Kier alpha value is -4.70. The lowest BCUT2D eigenvalue weighted by Gasteiger charge is -2.10. The fourth-order valence-electron chi connectivity index (χ4n) is 3.98. The van der Waals surface area contributed by atoms with E-state index in [1.54, 1.807) is 24.4 Å². The summed E-state index contributed by atoms with van der Waals surface area (Å²) in [6.07, 6.45) is 4.28. The highest BCUT2D eigenvalue weighted by Crippen LogP contribution is 2.33. The molecule has 1 N–H and O–H groups in total. The summed E-state index contributed by atoms with van der Waals surface area (Å²) in [4.78, 5) is 13.0. The van der Waals surface area contributed by atoms with Gasteiger partial charge in [0.05, 0.1) is 16.9 Å². The summed E-state index contributed by atoms with van der Waals surface area (Å²) in [5.41, 5.74) is 3.17. The van der Waals surface area contributed by atoms with Crippen molar-refractivity contribution in [2.24, 2.45) is 0 Å². The topological polar surface area (TPSA) is 98.0 Å². The van der Waals surface area contributed by atoms with E-state index < -0.39 is 21.7 Å². The predicted molar refractivity (Wildman–Crippen MR) is 135 cm³/mol. The van der Waals surface area contributed by atoms with Crippen LogP contribution < -0.4 is 4.72 Å². The van der Waals surface area contributed by atoms with Gasteiger partial charge in [0.25, 0.3) is 10.0 Å². The molecular formula is C27H16F2N4O3S. The number of aromatic nitrogens is 3. The number of nitrogens with one attached hydrogen (secondary N) is 1. The fourth-order valence-corrected chi connectivity index (χ4v) is 5.04. The van der Waals surface area contributed by atoms with Crippen LogP contribution in [0, 0.1) is 11.6 Å². The average Bonchev–Trinajstić information content (AvgIpc) is 3.34. The van der Waals surface area contributed by atoms with Crippen LogP contribution in [0.3, 0.4) is 0 Å². The molecule has 6 aromatic rings. The lowest BCUT2D eigenvalue weighted by molar-refractivity contribution is 0.582. The van der Waals surface area contributed by atoms with E-state index >= 15 is 0 Å². The van der Waals surface area contributed by atoms with E-state index in [0.29, 0.717) is 34.1 Å². The zero-order chi connectivity index (χ0) is 25.6. The largest absolute Gasteiger partial charge is 0.456 e. The van der Waals surface area contributed by atoms with E-state index in [0.717, 1.165) is 34.9 Å². The second-order valence-electron chi connectivity index (χ2n) is 8.21. The number of nitrogens with zero attached hydrogens (tertiary/aromatic N) is 3. The number of pyridine rings is 3. The molecule has 0 bridgehead atoms. The minimum absolute atomic E-state index is 0.209. The maximum atomic E-state index is 14.0. The van der Waals surface area contributed by atoms with E-state index in [4.69, 9.17) is 9.40 Å². The number of sulfonamides is 1. The number of fused-ring (bicyclic) bond motifs is 2. The molecule has 37 heavy (non-hydrogen) atoms. The highest BCUT2D eigenvalue weighted by molar-refractivity contribution is 7.92. The third kappa shape index (κ3) is 4.27. The van der Waals surface area contributed by atoms with Gasteiger partial charge in [-0.15, -0.1) is 0 Å². The van der Waals surface area contributed by atoms with Gasteiger partial charge >= 0.3 is 0 Å². The Morgan fingerprint density at radius 3 is 2.59 bits per heavy atom. The third-order valence-electron chi connectivity index (χ3n) is 5.77. The first-order valence-electron chi connectivity index (χ1n) is 11.1. The van der Waals surface area contributed by atoms with Gasteiger partial charge in [0.1, 0.15) is 33.4 Å². The van der Waals surface area contributed by atoms with Crippen molar-refractivity contribution in [2.75, 3.05) is 4.72 Å². The van der Waals surface area contributed by atoms with Crippen molar-refractivity contribution in [3.8, 4) is 22.6 Å². The van der Waals surface area contributed by atoms with Gasteiger partial charge < -0.3 is 4.42 Å². The molecule has 2 aromatic carbocycles. The van der Waals surface area contributed by atoms with Crippen LogP contribution in [0.25, 0.3) is 44.6 Å². The van der Waals surface area contributed by atoms with Gasteiger partial charge in [-0.05, 0) is 48.5 Å². The SMILES string of the molecule is O=S(=O)(Nc1ccc(F)cc1F)c1cncc(-c2ccc3nccc(-c4cc5ccccc5o4)c3n2)c1. The highest BCUT2D eigenvalue weighted by atomic mass is 32.2. The molecule has 0 aliphatic heterocycles. The van der Waals surface area contributed by atoms with E-state index in [1.807, 2.05) is 30.3 Å². The molecule has 6 rings (SSSR count). The van der Waals surface area contributed by atoms with Crippen molar-refractivity contribution in [2.45, 2.75) is 4.90 Å². The molecule has 4 aromatic heterocycles. The Morgan fingerprint density at radius 2 is 1.76 bits per heavy atom. The Balaban J connectivity index is 1.40. The predicted octanol–water partition coefficient (Wildman–Crippen LogP) is 6.18. The summed E-state index contributed by atoms with van der Waals surface area (Å²) in [6.45, 7) is 0. The van der Waals surface area contributed by atoms with Gasteiger partial charge in [-0.25, -0.2) is 22.2 Å². The Kier molecular flexibility index (Phi) is 5.38. The number of anilines is 1. The van der Waals surface area contributed by atoms with Crippen LogP contribution in [-0.4, -0.2) is 23.4 Å². The molecule has 0 aliphatic carbocycles. The Bertz CT molecular complexity index is 1890. The smallest absolute Gasteiger partial charge is 0.263 e. The number of para-hydroxylation sites is 1. The number of furan rings is 1. The number of benzene rings is 2. The van der Waals surface area contributed by atoms with E-state index in [9.17, 15) is 17.2 Å². The minimum Gasteiger partial charge on any atom is -0.456 e. The molecule has 4 heterocycles. The lowest BCUT2D eigenvalue weighted by atomic mass is 10.1. The van der Waals surface area contributed by atoms with E-state index in [1.165, 1.54) is 12.3 Å². The van der Waals surface area contributed by atoms with Crippen molar-refractivity contribution in [1.29, 1.82) is 0 Å². The van der Waals surface area contributed by atoms with Crippen LogP contribution in [0.15, 0.2) is 101 Å². The Morgan fingerprint density at radius 1 is 0.892 bits per heavy atom. The van der Waals surface area contributed by atoms with Crippen LogP contribution in [0.5, 0.6) is 0 Å². The molecule has 0 amide bonds. The molecule has 0 spiro atoms. The van der Waals surface area contributed by atoms with Gasteiger partial charge in [-0.3, -0.25) is 14.7 Å². The summed E-state index contributed by atoms with van der Waals surface area (Å²) in [7, 11) is -4.22. The van der Waals surface area contributed by atoms with Crippen molar-refractivity contribution in [3.05, 3.63) is 103 Å². The summed E-state index contributed by atoms with van der Waals surface area (Å²) in [5, 5.41) is 0.950. The zero-order valence-corrected chi connectivity index (χ0v) is 19.7. The summed E-state index contributed by atoms with van der Waals surface area (Å²) >= 11 is 0. The van der Waals surface area contributed by atoms with Crippen molar-refractivity contribution < 1.29 is 21.6 Å². The molecule has 7 nitrogen and oxygen atoms in total. The van der Waals surface area contributed by atoms with E-state index in [-0.39, 0.29) is 10.6 Å². The molecule has 0 saturated carbocycles. The van der Waals surface area contributed by atoms with Gasteiger partial charge in [0.15, 0.2) is 0 Å². The second kappa shape index (κ2) is 8.75. The second-order valence-corrected chi connectivity index (χ2v) is 9.89. The van der Waals surface area contributed by atoms with Crippen LogP contribution in [0.2, 0.25) is 0 Å². The first-order valence-corrected chi connectivity index (χ1v) is 12.5. The molecular weight excluding hydrogens is 498 g/mol. The quantitative estimate of drug-likeness (QED) is 0.295. The number of rotatable bonds is 5. The van der Waals surface area contributed by atoms with E-state index in [2.05, 4.69) is 14.7 Å². The first kappa shape index (κ1) is 22.7. The highest BCUT2D eigenvalue weighted by Gasteiger charge is 2.19. The van der Waals surface area contributed by atoms with Crippen LogP contribution in [0.4, 0.5) is 14.5 Å². The molecule has 0 unspecified atom stereocenters. The monoisotopic (exact) mass is 514 g/mol. The molecule has 182 valence electrons. The lowest BCUT2D eigenvalue weighted by Crippen LogP contribution is -2.14. The van der Waals surface area contributed by atoms with Gasteiger partial charge in [-0.2, -0.15) is 0 Å².